The minimum Gasteiger partial charge on any atom is -0.478 e. The van der Waals surface area contributed by atoms with Gasteiger partial charge in [0.1, 0.15) is 5.82 Å². The van der Waals surface area contributed by atoms with Crippen LogP contribution >= 0.6 is 11.6 Å². The molecule has 0 spiro atoms. The van der Waals surface area contributed by atoms with Crippen molar-refractivity contribution in [3.8, 4) is 16.8 Å². The molecule has 0 unspecified atom stereocenters. The van der Waals surface area contributed by atoms with Crippen molar-refractivity contribution in [2.45, 2.75) is 33.1 Å². The van der Waals surface area contributed by atoms with Gasteiger partial charge < -0.3 is 5.11 Å². The highest BCUT2D eigenvalue weighted by atomic mass is 35.5. The Bertz CT molecular complexity index is 1240. The first-order valence-corrected chi connectivity index (χ1v) is 10.5. The molecule has 1 heterocycles. The topological polar surface area (TPSA) is 55.1 Å². The molecule has 3 aromatic carbocycles. The summed E-state index contributed by atoms with van der Waals surface area (Å²) in [4.78, 5) is 16.5. The highest BCUT2D eigenvalue weighted by Gasteiger charge is 2.16. The van der Waals surface area contributed by atoms with Gasteiger partial charge in [-0.2, -0.15) is 0 Å². The second-order valence-corrected chi connectivity index (χ2v) is 7.89. The Morgan fingerprint density at radius 1 is 1.07 bits per heavy atom. The highest BCUT2D eigenvalue weighted by molar-refractivity contribution is 6.31. The van der Waals surface area contributed by atoms with Gasteiger partial charge in [-0.05, 0) is 66.4 Å². The molecule has 4 aromatic rings. The van der Waals surface area contributed by atoms with Crippen LogP contribution in [-0.2, 0) is 6.42 Å². The number of carbonyl (C=O) groups is 1. The average Bonchev–Trinajstić information content (AvgIpc) is 3.09. The molecule has 0 aliphatic rings. The van der Waals surface area contributed by atoms with Crippen molar-refractivity contribution in [1.29, 1.82) is 0 Å². The van der Waals surface area contributed by atoms with Crippen LogP contribution in [0.3, 0.4) is 0 Å². The lowest BCUT2D eigenvalue weighted by molar-refractivity contribution is 0.0697. The van der Waals surface area contributed by atoms with Crippen LogP contribution < -0.4 is 0 Å². The van der Waals surface area contributed by atoms with E-state index in [1.807, 2.05) is 49.4 Å². The molecule has 0 saturated heterocycles. The summed E-state index contributed by atoms with van der Waals surface area (Å²) in [5, 5.41) is 10.2. The van der Waals surface area contributed by atoms with E-state index >= 15 is 0 Å². The third-order valence-corrected chi connectivity index (χ3v) is 5.59. The van der Waals surface area contributed by atoms with Crippen LogP contribution in [0.1, 0.15) is 41.5 Å². The van der Waals surface area contributed by atoms with Crippen LogP contribution in [0.4, 0.5) is 0 Å². The molecule has 0 aliphatic carbocycles. The molecular weight excluding hydrogens is 396 g/mol. The number of aromatic carboxylic acids is 1. The minimum absolute atomic E-state index is 0.305. The molecule has 30 heavy (non-hydrogen) atoms. The van der Waals surface area contributed by atoms with E-state index in [9.17, 15) is 9.90 Å². The lowest BCUT2D eigenvalue weighted by atomic mass is 9.95. The van der Waals surface area contributed by atoms with E-state index in [0.717, 1.165) is 58.5 Å². The van der Waals surface area contributed by atoms with Crippen molar-refractivity contribution in [2.75, 3.05) is 0 Å². The van der Waals surface area contributed by atoms with Crippen LogP contribution in [0.5, 0.6) is 0 Å². The maximum absolute atomic E-state index is 11.7. The quantitative estimate of drug-likeness (QED) is 0.379. The van der Waals surface area contributed by atoms with Crippen LogP contribution in [-0.4, -0.2) is 20.6 Å². The van der Waals surface area contributed by atoms with Gasteiger partial charge >= 0.3 is 5.97 Å². The lowest BCUT2D eigenvalue weighted by Gasteiger charge is -2.14. The molecule has 0 amide bonds. The van der Waals surface area contributed by atoms with E-state index < -0.39 is 5.97 Å². The predicted octanol–water partition coefficient (Wildman–Crippen LogP) is 6.70. The first kappa shape index (κ1) is 20.2. The number of carboxylic acid groups (broad SMARTS) is 1. The zero-order chi connectivity index (χ0) is 21.3. The fraction of sp³-hybridized carbons (Fsp3) is 0.200. The van der Waals surface area contributed by atoms with Gasteiger partial charge in [0.15, 0.2) is 0 Å². The zero-order valence-electron chi connectivity index (χ0n) is 17.0. The fourth-order valence-corrected chi connectivity index (χ4v) is 4.05. The standard InChI is InChI=1S/C25H23ClN2O2/c1-3-4-9-24-27-22-15-17(26)10-13-23(22)28(24)18-11-12-19(16(2)14-18)20-7-5-6-8-21(20)25(29)30/h5-8,10-15H,3-4,9H2,1-2H3,(H,29,30). The highest BCUT2D eigenvalue weighted by Crippen LogP contribution is 2.31. The third kappa shape index (κ3) is 3.71. The van der Waals surface area contributed by atoms with Gasteiger partial charge in [-0.3, -0.25) is 4.57 Å². The number of hydrogen-bond donors (Lipinski definition) is 1. The molecule has 4 nitrogen and oxygen atoms in total. The Morgan fingerprint density at radius 3 is 2.60 bits per heavy atom. The monoisotopic (exact) mass is 418 g/mol. The minimum atomic E-state index is -0.923. The maximum Gasteiger partial charge on any atom is 0.336 e. The van der Waals surface area contributed by atoms with Crippen molar-refractivity contribution in [2.24, 2.45) is 0 Å². The first-order valence-electron chi connectivity index (χ1n) is 10.1. The molecule has 152 valence electrons. The number of halogens is 1. The molecule has 5 heteroatoms. The van der Waals surface area contributed by atoms with Crippen LogP contribution in [0.15, 0.2) is 60.7 Å². The normalized spacial score (nSPS) is 11.2. The molecule has 4 rings (SSSR count). The second kappa shape index (κ2) is 8.33. The molecule has 0 bridgehead atoms. The summed E-state index contributed by atoms with van der Waals surface area (Å²) in [6.07, 6.45) is 3.03. The average molecular weight is 419 g/mol. The van der Waals surface area contributed by atoms with Crippen LogP contribution in [0, 0.1) is 6.92 Å². The number of carboxylic acids is 1. The van der Waals surface area contributed by atoms with E-state index in [0.29, 0.717) is 10.6 Å². The molecule has 0 saturated carbocycles. The number of unbranched alkanes of at least 4 members (excludes halogenated alkanes) is 1. The Kier molecular flexibility index (Phi) is 5.60. The fourth-order valence-electron chi connectivity index (χ4n) is 3.89. The number of imidazole rings is 1. The third-order valence-electron chi connectivity index (χ3n) is 5.36. The van der Waals surface area contributed by atoms with E-state index in [1.165, 1.54) is 0 Å². The van der Waals surface area contributed by atoms with Crippen molar-refractivity contribution in [3.05, 3.63) is 82.6 Å². The Balaban J connectivity index is 1.86. The number of aryl methyl sites for hydroxylation is 2. The Morgan fingerprint density at radius 2 is 1.87 bits per heavy atom. The number of nitrogens with zero attached hydrogens (tertiary/aromatic N) is 2. The Hall–Kier alpha value is -3.11. The van der Waals surface area contributed by atoms with Crippen molar-refractivity contribution < 1.29 is 9.90 Å². The van der Waals surface area contributed by atoms with Gasteiger partial charge in [0.25, 0.3) is 0 Å². The first-order chi connectivity index (χ1) is 14.5. The van der Waals surface area contributed by atoms with Gasteiger partial charge in [0.2, 0.25) is 0 Å². The van der Waals surface area contributed by atoms with E-state index in [4.69, 9.17) is 16.6 Å². The smallest absolute Gasteiger partial charge is 0.336 e. The van der Waals surface area contributed by atoms with Gasteiger partial charge in [0, 0.05) is 17.1 Å². The van der Waals surface area contributed by atoms with Gasteiger partial charge in [-0.25, -0.2) is 9.78 Å². The molecule has 0 atom stereocenters. The van der Waals surface area contributed by atoms with Gasteiger partial charge in [-0.1, -0.05) is 49.2 Å². The number of fused-ring (bicyclic) bond motifs is 1. The number of benzene rings is 3. The van der Waals surface area contributed by atoms with E-state index in [-0.39, 0.29) is 0 Å². The molecule has 0 aliphatic heterocycles. The van der Waals surface area contributed by atoms with Crippen LogP contribution in [0.2, 0.25) is 5.02 Å². The van der Waals surface area contributed by atoms with Crippen LogP contribution in [0.25, 0.3) is 27.8 Å². The van der Waals surface area contributed by atoms with Gasteiger partial charge in [0.05, 0.1) is 16.6 Å². The molecule has 0 radical (unpaired) electrons. The number of aromatic nitrogens is 2. The molecule has 0 fully saturated rings. The Labute approximate surface area is 180 Å². The summed E-state index contributed by atoms with van der Waals surface area (Å²) in [6.45, 7) is 4.18. The summed E-state index contributed by atoms with van der Waals surface area (Å²) in [5.74, 6) is 0.0839. The van der Waals surface area contributed by atoms with Gasteiger partial charge in [-0.15, -0.1) is 0 Å². The second-order valence-electron chi connectivity index (χ2n) is 7.45. The van der Waals surface area contributed by atoms with E-state index in [2.05, 4.69) is 17.6 Å². The van der Waals surface area contributed by atoms with Crippen molar-refractivity contribution >= 4 is 28.6 Å². The summed E-state index contributed by atoms with van der Waals surface area (Å²) in [5.41, 5.74) is 5.87. The molecule has 1 N–H and O–H groups in total. The summed E-state index contributed by atoms with van der Waals surface area (Å²) < 4.78 is 2.18. The molecule has 1 aromatic heterocycles. The lowest BCUT2D eigenvalue weighted by Crippen LogP contribution is -2.03. The maximum atomic E-state index is 11.7. The molecular formula is C25H23ClN2O2. The number of rotatable bonds is 6. The predicted molar refractivity (Wildman–Crippen MR) is 122 cm³/mol. The number of hydrogen-bond acceptors (Lipinski definition) is 2. The largest absolute Gasteiger partial charge is 0.478 e. The summed E-state index contributed by atoms with van der Waals surface area (Å²) >= 11 is 6.19. The summed E-state index contributed by atoms with van der Waals surface area (Å²) in [6, 6.07) is 19.0. The summed E-state index contributed by atoms with van der Waals surface area (Å²) in [7, 11) is 0. The SMILES string of the molecule is CCCCc1nc2cc(Cl)ccc2n1-c1ccc(-c2ccccc2C(=O)O)c(C)c1. The van der Waals surface area contributed by atoms with Crippen molar-refractivity contribution in [1.82, 2.24) is 9.55 Å². The van der Waals surface area contributed by atoms with E-state index in [1.54, 1.807) is 12.1 Å². The zero-order valence-corrected chi connectivity index (χ0v) is 17.8. The van der Waals surface area contributed by atoms with Crippen molar-refractivity contribution in [3.63, 3.8) is 0 Å².